The molecule has 4 nitrogen and oxygen atoms in total. The number of carbonyl (C=O) groups is 2. The molecule has 1 aromatic heterocycles. The second kappa shape index (κ2) is 7.98. The second-order valence-electron chi connectivity index (χ2n) is 5.42. The first-order chi connectivity index (χ1) is 10.1. The molecule has 1 fully saturated rings. The Kier molecular flexibility index (Phi) is 5.99. The van der Waals surface area contributed by atoms with Gasteiger partial charge in [0.25, 0.3) is 0 Å². The Labute approximate surface area is 128 Å². The van der Waals surface area contributed by atoms with Crippen molar-refractivity contribution < 1.29 is 14.7 Å². The molecule has 2 rings (SSSR count). The molecule has 0 aromatic carbocycles. The van der Waals surface area contributed by atoms with E-state index in [2.05, 4.69) is 5.32 Å². The summed E-state index contributed by atoms with van der Waals surface area (Å²) < 4.78 is 0. The van der Waals surface area contributed by atoms with E-state index in [0.29, 0.717) is 6.54 Å². The lowest BCUT2D eigenvalue weighted by atomic mass is 9.99. The minimum Gasteiger partial charge on any atom is -0.478 e. The van der Waals surface area contributed by atoms with Gasteiger partial charge in [-0.3, -0.25) is 4.79 Å². The molecule has 0 bridgehead atoms. The second-order valence-corrected chi connectivity index (χ2v) is 6.42. The van der Waals surface area contributed by atoms with Crippen LogP contribution >= 0.6 is 11.3 Å². The highest BCUT2D eigenvalue weighted by Crippen LogP contribution is 2.23. The summed E-state index contributed by atoms with van der Waals surface area (Å²) in [4.78, 5) is 23.6. The van der Waals surface area contributed by atoms with Crippen LogP contribution in [0.25, 0.3) is 6.08 Å². The molecule has 0 aliphatic heterocycles. The molecule has 0 atom stereocenters. The number of hydrogen-bond acceptors (Lipinski definition) is 3. The Hall–Kier alpha value is -1.62. The lowest BCUT2D eigenvalue weighted by Crippen LogP contribution is -2.29. The summed E-state index contributed by atoms with van der Waals surface area (Å²) in [6, 6.07) is 1.91. The summed E-state index contributed by atoms with van der Waals surface area (Å²) in [7, 11) is 0. The predicted molar refractivity (Wildman–Crippen MR) is 84.0 cm³/mol. The van der Waals surface area contributed by atoms with Gasteiger partial charge in [0.05, 0.1) is 6.54 Å². The van der Waals surface area contributed by atoms with E-state index in [1.807, 2.05) is 11.4 Å². The van der Waals surface area contributed by atoms with Crippen LogP contribution in [-0.4, -0.2) is 17.0 Å². The van der Waals surface area contributed by atoms with E-state index in [-0.39, 0.29) is 11.8 Å². The maximum absolute atomic E-state index is 12.1. The summed E-state index contributed by atoms with van der Waals surface area (Å²) in [5.74, 6) is -0.629. The molecule has 1 aliphatic carbocycles. The number of rotatable bonds is 5. The molecule has 0 saturated heterocycles. The fraction of sp³-hybridized carbons (Fsp3) is 0.500. The zero-order chi connectivity index (χ0) is 15.1. The Balaban J connectivity index is 1.82. The van der Waals surface area contributed by atoms with Crippen LogP contribution in [0.3, 0.4) is 0 Å². The highest BCUT2D eigenvalue weighted by molar-refractivity contribution is 7.10. The van der Waals surface area contributed by atoms with Crippen molar-refractivity contribution in [3.05, 3.63) is 28.0 Å². The summed E-state index contributed by atoms with van der Waals surface area (Å²) >= 11 is 1.54. The number of carboxylic acid groups (broad SMARTS) is 1. The molecule has 0 spiro atoms. The molecular weight excluding hydrogens is 286 g/mol. The van der Waals surface area contributed by atoms with E-state index in [1.165, 1.54) is 24.2 Å². The van der Waals surface area contributed by atoms with E-state index in [9.17, 15) is 9.59 Å². The normalized spacial score (nSPS) is 16.8. The van der Waals surface area contributed by atoms with Crippen molar-refractivity contribution >= 4 is 29.3 Å². The van der Waals surface area contributed by atoms with Gasteiger partial charge in [-0.1, -0.05) is 25.7 Å². The molecule has 0 radical (unpaired) electrons. The zero-order valence-corrected chi connectivity index (χ0v) is 12.8. The molecule has 114 valence electrons. The van der Waals surface area contributed by atoms with Crippen molar-refractivity contribution in [2.24, 2.45) is 5.92 Å². The topological polar surface area (TPSA) is 66.4 Å². The van der Waals surface area contributed by atoms with Gasteiger partial charge in [0.1, 0.15) is 0 Å². The van der Waals surface area contributed by atoms with Crippen LogP contribution in [0, 0.1) is 5.92 Å². The molecule has 1 aromatic rings. The van der Waals surface area contributed by atoms with E-state index in [0.717, 1.165) is 42.2 Å². The number of amides is 1. The Bertz CT molecular complexity index is 513. The SMILES string of the molecule is O=C(O)C=Cc1csc(CNC(=O)C2CCCCCC2)c1. The van der Waals surface area contributed by atoms with Gasteiger partial charge >= 0.3 is 5.97 Å². The Morgan fingerprint density at radius 3 is 2.67 bits per heavy atom. The molecule has 1 amide bonds. The van der Waals surface area contributed by atoms with Gasteiger partial charge in [-0.2, -0.15) is 0 Å². The van der Waals surface area contributed by atoms with Gasteiger partial charge in [0.2, 0.25) is 5.91 Å². The number of thiophene rings is 1. The third-order valence-electron chi connectivity index (χ3n) is 3.76. The van der Waals surface area contributed by atoms with Gasteiger partial charge in [-0.15, -0.1) is 11.3 Å². The van der Waals surface area contributed by atoms with E-state index >= 15 is 0 Å². The fourth-order valence-corrected chi connectivity index (χ4v) is 3.40. The average Bonchev–Trinajstić information content (AvgIpc) is 2.74. The monoisotopic (exact) mass is 307 g/mol. The molecule has 5 heteroatoms. The molecule has 1 saturated carbocycles. The first kappa shape index (κ1) is 15.8. The number of carbonyl (C=O) groups excluding carboxylic acids is 1. The maximum atomic E-state index is 12.1. The van der Waals surface area contributed by atoms with Crippen LogP contribution in [-0.2, 0) is 16.1 Å². The first-order valence-electron chi connectivity index (χ1n) is 7.41. The van der Waals surface area contributed by atoms with Crippen LogP contribution in [0.5, 0.6) is 0 Å². The van der Waals surface area contributed by atoms with Gasteiger partial charge in [-0.25, -0.2) is 4.79 Å². The summed E-state index contributed by atoms with van der Waals surface area (Å²) in [5.41, 5.74) is 0.862. The Morgan fingerprint density at radius 1 is 1.29 bits per heavy atom. The third kappa shape index (κ3) is 5.34. The van der Waals surface area contributed by atoms with Crippen molar-refractivity contribution in [3.8, 4) is 0 Å². The van der Waals surface area contributed by atoms with Gasteiger partial charge in [-0.05, 0) is 35.9 Å². The highest BCUT2D eigenvalue weighted by atomic mass is 32.1. The van der Waals surface area contributed by atoms with E-state index < -0.39 is 5.97 Å². The summed E-state index contributed by atoms with van der Waals surface area (Å²) in [6.45, 7) is 0.529. The van der Waals surface area contributed by atoms with Crippen molar-refractivity contribution in [1.29, 1.82) is 0 Å². The largest absolute Gasteiger partial charge is 0.478 e. The molecule has 2 N–H and O–H groups in total. The minimum absolute atomic E-state index is 0.160. The van der Waals surface area contributed by atoms with E-state index in [4.69, 9.17) is 5.11 Å². The number of nitrogens with one attached hydrogen (secondary N) is 1. The van der Waals surface area contributed by atoms with Gasteiger partial charge in [0, 0.05) is 16.9 Å². The minimum atomic E-state index is -0.954. The van der Waals surface area contributed by atoms with E-state index in [1.54, 1.807) is 6.08 Å². The number of aliphatic carboxylic acids is 1. The molecule has 0 unspecified atom stereocenters. The lowest BCUT2D eigenvalue weighted by Gasteiger charge is -2.13. The lowest BCUT2D eigenvalue weighted by molar-refractivity contribution is -0.131. The smallest absolute Gasteiger partial charge is 0.328 e. The van der Waals surface area contributed by atoms with Crippen LogP contribution in [0.15, 0.2) is 17.5 Å². The summed E-state index contributed by atoms with van der Waals surface area (Å²) in [5, 5.41) is 13.5. The van der Waals surface area contributed by atoms with Gasteiger partial charge < -0.3 is 10.4 Å². The molecule has 1 heterocycles. The highest BCUT2D eigenvalue weighted by Gasteiger charge is 2.19. The van der Waals surface area contributed by atoms with Gasteiger partial charge in [0.15, 0.2) is 0 Å². The number of carboxylic acids is 1. The van der Waals surface area contributed by atoms with Crippen LogP contribution < -0.4 is 5.32 Å². The quantitative estimate of drug-likeness (QED) is 0.647. The summed E-state index contributed by atoms with van der Waals surface area (Å²) in [6.07, 6.45) is 9.49. The zero-order valence-electron chi connectivity index (χ0n) is 12.0. The van der Waals surface area contributed by atoms with Crippen LogP contribution in [0.2, 0.25) is 0 Å². The van der Waals surface area contributed by atoms with Crippen molar-refractivity contribution in [2.75, 3.05) is 0 Å². The van der Waals surface area contributed by atoms with Crippen molar-refractivity contribution in [3.63, 3.8) is 0 Å². The first-order valence-corrected chi connectivity index (χ1v) is 8.29. The van der Waals surface area contributed by atoms with Crippen molar-refractivity contribution in [2.45, 2.75) is 45.1 Å². The number of hydrogen-bond donors (Lipinski definition) is 2. The predicted octanol–water partition coefficient (Wildman–Crippen LogP) is 3.43. The fourth-order valence-electron chi connectivity index (χ4n) is 2.61. The molecule has 1 aliphatic rings. The standard InChI is InChI=1S/C16H21NO3S/c18-15(19)8-7-12-9-14(21-11-12)10-17-16(20)13-5-3-1-2-4-6-13/h7-9,11,13H,1-6,10H2,(H,17,20)(H,18,19). The Morgan fingerprint density at radius 2 is 2.00 bits per heavy atom. The molecule has 21 heavy (non-hydrogen) atoms. The molecular formula is C16H21NO3S. The maximum Gasteiger partial charge on any atom is 0.328 e. The van der Waals surface area contributed by atoms with Crippen LogP contribution in [0.4, 0.5) is 0 Å². The van der Waals surface area contributed by atoms with Crippen LogP contribution in [0.1, 0.15) is 49.0 Å². The van der Waals surface area contributed by atoms with Crippen molar-refractivity contribution in [1.82, 2.24) is 5.32 Å². The average molecular weight is 307 g/mol. The third-order valence-corrected chi connectivity index (χ3v) is 4.71.